The van der Waals surface area contributed by atoms with Crippen LogP contribution in [0.5, 0.6) is 0 Å². The van der Waals surface area contributed by atoms with Gasteiger partial charge in [-0.25, -0.2) is 0 Å². The van der Waals surface area contributed by atoms with Crippen molar-refractivity contribution < 1.29 is 22.8 Å². The molecule has 0 bridgehead atoms. The first kappa shape index (κ1) is 30.9. The van der Waals surface area contributed by atoms with Crippen molar-refractivity contribution in [1.82, 2.24) is 0 Å². The average molecular weight is 479 g/mol. The number of carbonyl (C=O) groups excluding carboxylic acids is 1. The van der Waals surface area contributed by atoms with Gasteiger partial charge >= 0.3 is 14.8 Å². The van der Waals surface area contributed by atoms with Gasteiger partial charge in [-0.3, -0.25) is 4.79 Å². The maximum atomic E-state index is 11.4. The first-order valence-corrected chi connectivity index (χ1v) is 15.8. The molecule has 0 rings (SSSR count). The molecular formula is C24H50O5SSi. The van der Waals surface area contributed by atoms with Crippen molar-refractivity contribution in [3.63, 3.8) is 0 Å². The molecule has 0 aliphatic rings. The summed E-state index contributed by atoms with van der Waals surface area (Å²) >= 11 is 2.05. The van der Waals surface area contributed by atoms with Crippen molar-refractivity contribution >= 4 is 26.5 Å². The lowest BCUT2D eigenvalue weighted by atomic mass is 10.1. The molecule has 0 saturated carbocycles. The van der Waals surface area contributed by atoms with E-state index in [1.807, 2.05) is 34.6 Å². The Morgan fingerprint density at radius 2 is 1.16 bits per heavy atom. The molecule has 5 nitrogen and oxygen atoms in total. The van der Waals surface area contributed by atoms with Gasteiger partial charge in [0.1, 0.15) is 0 Å². The lowest BCUT2D eigenvalue weighted by molar-refractivity contribution is -0.147. The van der Waals surface area contributed by atoms with Gasteiger partial charge < -0.3 is 18.0 Å². The SMILES string of the molecule is CCO[Si](CCCSCCCCCCCCCCCOC(=O)C(C)C)(OCC)OCC. The van der Waals surface area contributed by atoms with Crippen molar-refractivity contribution in [2.75, 3.05) is 37.9 Å². The van der Waals surface area contributed by atoms with Crippen molar-refractivity contribution in [2.24, 2.45) is 5.92 Å². The molecule has 0 saturated heterocycles. The highest BCUT2D eigenvalue weighted by Crippen LogP contribution is 2.20. The molecule has 7 heteroatoms. The van der Waals surface area contributed by atoms with Crippen molar-refractivity contribution in [3.8, 4) is 0 Å². The van der Waals surface area contributed by atoms with E-state index >= 15 is 0 Å². The Labute approximate surface area is 198 Å². The number of hydrogen-bond donors (Lipinski definition) is 0. The summed E-state index contributed by atoms with van der Waals surface area (Å²) in [6, 6.07) is 0.926. The second-order valence-electron chi connectivity index (χ2n) is 8.20. The number of rotatable bonds is 23. The van der Waals surface area contributed by atoms with Crippen LogP contribution in [0.4, 0.5) is 0 Å². The van der Waals surface area contributed by atoms with Gasteiger partial charge in [-0.05, 0) is 51.5 Å². The molecule has 0 fully saturated rings. The number of ether oxygens (including phenoxy) is 1. The van der Waals surface area contributed by atoms with Gasteiger partial charge in [-0.2, -0.15) is 11.8 Å². The predicted molar refractivity (Wildman–Crippen MR) is 135 cm³/mol. The maximum Gasteiger partial charge on any atom is 0.500 e. The molecule has 0 aliphatic heterocycles. The molecule has 0 N–H and O–H groups in total. The van der Waals surface area contributed by atoms with E-state index in [9.17, 15) is 4.79 Å². The van der Waals surface area contributed by atoms with Crippen LogP contribution in [0.1, 0.15) is 98.8 Å². The molecule has 0 amide bonds. The normalized spacial score (nSPS) is 11.9. The minimum absolute atomic E-state index is 0.0132. The van der Waals surface area contributed by atoms with Crippen molar-refractivity contribution in [1.29, 1.82) is 0 Å². The van der Waals surface area contributed by atoms with Gasteiger partial charge in [0, 0.05) is 25.9 Å². The van der Waals surface area contributed by atoms with E-state index in [0.29, 0.717) is 26.4 Å². The number of esters is 1. The molecule has 0 aliphatic carbocycles. The predicted octanol–water partition coefficient (Wildman–Crippen LogP) is 6.87. The topological polar surface area (TPSA) is 54.0 Å². The van der Waals surface area contributed by atoms with E-state index < -0.39 is 8.80 Å². The Kier molecular flexibility index (Phi) is 21.7. The highest BCUT2D eigenvalue weighted by Gasteiger charge is 2.39. The fourth-order valence-electron chi connectivity index (χ4n) is 3.38. The molecule has 0 aromatic carbocycles. The van der Waals surface area contributed by atoms with Crippen LogP contribution < -0.4 is 0 Å². The summed E-state index contributed by atoms with van der Waals surface area (Å²) in [6.45, 7) is 12.4. The van der Waals surface area contributed by atoms with E-state index in [4.69, 9.17) is 18.0 Å². The van der Waals surface area contributed by atoms with Crippen LogP contribution in [0.3, 0.4) is 0 Å². The number of hydrogen-bond acceptors (Lipinski definition) is 6. The summed E-state index contributed by atoms with van der Waals surface area (Å²) < 4.78 is 22.9. The summed E-state index contributed by atoms with van der Waals surface area (Å²) in [5.41, 5.74) is 0. The summed E-state index contributed by atoms with van der Waals surface area (Å²) in [7, 11) is -2.45. The lowest BCUT2D eigenvalue weighted by Gasteiger charge is -2.28. The van der Waals surface area contributed by atoms with E-state index in [1.54, 1.807) is 0 Å². The Balaban J connectivity index is 3.47. The third-order valence-corrected chi connectivity index (χ3v) is 9.32. The van der Waals surface area contributed by atoms with Gasteiger partial charge in [-0.15, -0.1) is 0 Å². The quantitative estimate of drug-likeness (QED) is 0.0907. The summed E-state index contributed by atoms with van der Waals surface area (Å²) in [5.74, 6) is 2.33. The Bertz CT molecular complexity index is 392. The molecule has 0 aromatic rings. The minimum atomic E-state index is -2.45. The van der Waals surface area contributed by atoms with E-state index in [2.05, 4.69) is 11.8 Å². The Hall–Kier alpha value is -0.0831. The molecule has 0 aromatic heterocycles. The second kappa shape index (κ2) is 21.7. The molecule has 0 radical (unpaired) electrons. The van der Waals surface area contributed by atoms with Crippen molar-refractivity contribution in [2.45, 2.75) is 105 Å². The zero-order valence-electron chi connectivity index (χ0n) is 21.0. The van der Waals surface area contributed by atoms with Gasteiger partial charge in [0.15, 0.2) is 0 Å². The largest absolute Gasteiger partial charge is 0.500 e. The molecule has 0 unspecified atom stereocenters. The monoisotopic (exact) mass is 478 g/mol. The van der Waals surface area contributed by atoms with Gasteiger partial charge in [-0.1, -0.05) is 58.8 Å². The van der Waals surface area contributed by atoms with E-state index in [-0.39, 0.29) is 11.9 Å². The van der Waals surface area contributed by atoms with Gasteiger partial charge in [0.2, 0.25) is 0 Å². The second-order valence-corrected chi connectivity index (χ2v) is 12.2. The third kappa shape index (κ3) is 18.1. The van der Waals surface area contributed by atoms with E-state index in [1.165, 1.54) is 57.1 Å². The summed E-state index contributed by atoms with van der Waals surface area (Å²) in [6.07, 6.45) is 12.5. The summed E-state index contributed by atoms with van der Waals surface area (Å²) in [5, 5.41) is 0. The first-order valence-electron chi connectivity index (χ1n) is 12.7. The molecule has 0 heterocycles. The average Bonchev–Trinajstić information content (AvgIpc) is 2.73. The highest BCUT2D eigenvalue weighted by atomic mass is 32.2. The minimum Gasteiger partial charge on any atom is -0.465 e. The van der Waals surface area contributed by atoms with Crippen LogP contribution in [-0.4, -0.2) is 52.7 Å². The number of unbranched alkanes of at least 4 members (excludes halogenated alkanes) is 8. The molecule has 186 valence electrons. The number of carbonyl (C=O) groups is 1. The van der Waals surface area contributed by atoms with Crippen molar-refractivity contribution in [3.05, 3.63) is 0 Å². The van der Waals surface area contributed by atoms with Crippen LogP contribution in [0, 0.1) is 5.92 Å². The maximum absolute atomic E-state index is 11.4. The molecule has 0 atom stereocenters. The lowest BCUT2D eigenvalue weighted by Crippen LogP contribution is -2.46. The Morgan fingerprint density at radius 1 is 0.710 bits per heavy atom. The zero-order chi connectivity index (χ0) is 23.2. The number of thioether (sulfide) groups is 1. The first-order chi connectivity index (χ1) is 15.0. The molecular weight excluding hydrogens is 428 g/mol. The smallest absolute Gasteiger partial charge is 0.465 e. The van der Waals surface area contributed by atoms with E-state index in [0.717, 1.165) is 24.6 Å². The van der Waals surface area contributed by atoms with Gasteiger partial charge in [0.05, 0.1) is 12.5 Å². The molecule has 31 heavy (non-hydrogen) atoms. The van der Waals surface area contributed by atoms with Crippen LogP contribution in [-0.2, 0) is 22.8 Å². The highest BCUT2D eigenvalue weighted by molar-refractivity contribution is 7.99. The van der Waals surface area contributed by atoms with Gasteiger partial charge in [0.25, 0.3) is 0 Å². The fraction of sp³-hybridized carbons (Fsp3) is 0.958. The fourth-order valence-corrected chi connectivity index (χ4v) is 7.21. The third-order valence-electron chi connectivity index (χ3n) is 5.01. The van der Waals surface area contributed by atoms with Crippen LogP contribution in [0.15, 0.2) is 0 Å². The van der Waals surface area contributed by atoms with Crippen LogP contribution in [0.25, 0.3) is 0 Å². The van der Waals surface area contributed by atoms with Crippen LogP contribution >= 0.6 is 11.8 Å². The summed E-state index contributed by atoms with van der Waals surface area (Å²) in [4.78, 5) is 11.4. The molecule has 0 spiro atoms. The zero-order valence-corrected chi connectivity index (χ0v) is 22.9. The standard InChI is InChI=1S/C24H50O5SSi/c1-6-27-31(28-7-2,29-8-3)22-18-21-30-20-17-15-13-11-9-10-12-14-16-19-26-24(25)23(4)5/h23H,6-22H2,1-5H3. The Morgan fingerprint density at radius 3 is 1.65 bits per heavy atom. The van der Waals surface area contributed by atoms with Crippen LogP contribution in [0.2, 0.25) is 6.04 Å².